The maximum Gasteiger partial charge on any atom is 0.331 e. The summed E-state index contributed by atoms with van der Waals surface area (Å²) < 4.78 is 26.9. The van der Waals surface area contributed by atoms with E-state index >= 15 is 0 Å². The summed E-state index contributed by atoms with van der Waals surface area (Å²) in [4.78, 5) is 25.5. The highest BCUT2D eigenvalue weighted by atomic mass is 16.7. The van der Waals surface area contributed by atoms with Crippen LogP contribution in [0.4, 0.5) is 0 Å². The fourth-order valence-electron chi connectivity index (χ4n) is 6.25. The lowest BCUT2D eigenvalue weighted by atomic mass is 10.0. The van der Waals surface area contributed by atoms with Gasteiger partial charge in [-0.15, -0.1) is 0 Å². The summed E-state index contributed by atoms with van der Waals surface area (Å²) in [6.45, 7) is 7.14. The standard InChI is InChI=1S/C39H64N2O6/c1-3-4-5-6-7-8-9-10-11-12-13-14-18-24-36(34(2)47-33-35-22-16-15-17-23-35)44-31-21-27-40-28-26-37(42)41(39(40)43)29-32-46-38-25-19-20-30-45-38/h15-17,22-23,26,28,34,36,38H,3-14,18-21,24-25,27,29-33H2,1-2H3. The molecule has 1 saturated heterocycles. The molecule has 1 aromatic carbocycles. The lowest BCUT2D eigenvalue weighted by Crippen LogP contribution is -2.40. The van der Waals surface area contributed by atoms with Gasteiger partial charge in [0.05, 0.1) is 32.0 Å². The van der Waals surface area contributed by atoms with Crippen molar-refractivity contribution in [2.75, 3.05) is 19.8 Å². The number of aryl methyl sites for hydroxylation is 1. The highest BCUT2D eigenvalue weighted by Crippen LogP contribution is 2.18. The molecule has 1 aliphatic heterocycles. The molecule has 0 aliphatic carbocycles. The van der Waals surface area contributed by atoms with Crippen LogP contribution in [-0.2, 0) is 38.6 Å². The molecule has 2 aromatic rings. The van der Waals surface area contributed by atoms with E-state index in [1.54, 1.807) is 10.8 Å². The Morgan fingerprint density at radius 1 is 0.787 bits per heavy atom. The summed E-state index contributed by atoms with van der Waals surface area (Å²) in [6, 6.07) is 11.7. The van der Waals surface area contributed by atoms with Gasteiger partial charge in [0.25, 0.3) is 5.56 Å². The first-order valence-corrected chi connectivity index (χ1v) is 18.9. The minimum absolute atomic E-state index is 0.00347. The van der Waals surface area contributed by atoms with Gasteiger partial charge in [-0.25, -0.2) is 4.79 Å². The maximum absolute atomic E-state index is 13.1. The number of hydrogen-bond donors (Lipinski definition) is 0. The van der Waals surface area contributed by atoms with Crippen molar-refractivity contribution in [3.05, 3.63) is 69.0 Å². The third kappa shape index (κ3) is 16.6. The van der Waals surface area contributed by atoms with Gasteiger partial charge in [0.1, 0.15) is 0 Å². The lowest BCUT2D eigenvalue weighted by molar-refractivity contribution is -0.163. The van der Waals surface area contributed by atoms with Crippen molar-refractivity contribution >= 4 is 0 Å². The molecule has 0 saturated carbocycles. The molecule has 266 valence electrons. The SMILES string of the molecule is CCCCCCCCCCCCCCCC(OCCCn1ccc(=O)n(CCOC2CCCCO2)c1=O)C(C)OCc1ccccc1. The molecular weight excluding hydrogens is 592 g/mol. The first kappa shape index (κ1) is 39.2. The van der Waals surface area contributed by atoms with E-state index < -0.39 is 0 Å². The first-order valence-electron chi connectivity index (χ1n) is 18.9. The van der Waals surface area contributed by atoms with Gasteiger partial charge in [0.15, 0.2) is 6.29 Å². The molecule has 3 atom stereocenters. The Labute approximate surface area is 284 Å². The normalized spacial score (nSPS) is 16.3. The molecule has 8 heteroatoms. The molecule has 47 heavy (non-hydrogen) atoms. The molecule has 0 N–H and O–H groups in total. The van der Waals surface area contributed by atoms with Crippen LogP contribution >= 0.6 is 0 Å². The number of benzene rings is 1. The molecule has 2 heterocycles. The molecule has 0 spiro atoms. The number of ether oxygens (including phenoxy) is 4. The summed E-state index contributed by atoms with van der Waals surface area (Å²) in [5.74, 6) is 0. The fourth-order valence-corrected chi connectivity index (χ4v) is 6.25. The number of unbranched alkanes of at least 4 members (excludes halogenated alkanes) is 12. The molecule has 1 fully saturated rings. The van der Waals surface area contributed by atoms with Gasteiger partial charge in [0, 0.05) is 32.0 Å². The van der Waals surface area contributed by atoms with Gasteiger partial charge in [-0.2, -0.15) is 0 Å². The van der Waals surface area contributed by atoms with Crippen LogP contribution in [0.15, 0.2) is 52.2 Å². The number of rotatable bonds is 27. The van der Waals surface area contributed by atoms with Gasteiger partial charge in [-0.1, -0.05) is 121 Å². The number of hydrogen-bond acceptors (Lipinski definition) is 6. The van der Waals surface area contributed by atoms with E-state index in [2.05, 4.69) is 26.0 Å². The Kier molecular flexibility index (Phi) is 20.7. The van der Waals surface area contributed by atoms with Crippen molar-refractivity contribution in [1.29, 1.82) is 0 Å². The number of aromatic nitrogens is 2. The van der Waals surface area contributed by atoms with E-state index in [-0.39, 0.29) is 42.9 Å². The minimum Gasteiger partial charge on any atom is -0.375 e. The van der Waals surface area contributed by atoms with Crippen LogP contribution in [0.25, 0.3) is 0 Å². The van der Waals surface area contributed by atoms with Crippen molar-refractivity contribution in [3.8, 4) is 0 Å². The van der Waals surface area contributed by atoms with Crippen LogP contribution in [0.5, 0.6) is 0 Å². The van der Waals surface area contributed by atoms with Gasteiger partial charge in [-0.05, 0) is 44.6 Å². The lowest BCUT2D eigenvalue weighted by Gasteiger charge is -2.25. The van der Waals surface area contributed by atoms with Crippen LogP contribution < -0.4 is 11.2 Å². The van der Waals surface area contributed by atoms with Crippen LogP contribution in [0, 0.1) is 0 Å². The molecule has 3 unspecified atom stereocenters. The minimum atomic E-state index is -0.311. The third-order valence-corrected chi connectivity index (χ3v) is 9.24. The molecule has 0 amide bonds. The predicted molar refractivity (Wildman–Crippen MR) is 190 cm³/mol. The van der Waals surface area contributed by atoms with Gasteiger partial charge >= 0.3 is 5.69 Å². The van der Waals surface area contributed by atoms with E-state index in [0.29, 0.717) is 32.8 Å². The van der Waals surface area contributed by atoms with E-state index in [4.69, 9.17) is 18.9 Å². The fraction of sp³-hybridized carbons (Fsp3) is 0.744. The zero-order chi connectivity index (χ0) is 33.4. The van der Waals surface area contributed by atoms with Crippen LogP contribution in [-0.4, -0.2) is 47.5 Å². The Balaban J connectivity index is 1.38. The zero-order valence-corrected chi connectivity index (χ0v) is 29.6. The van der Waals surface area contributed by atoms with E-state index in [0.717, 1.165) is 37.7 Å². The summed E-state index contributed by atoms with van der Waals surface area (Å²) in [5.41, 5.74) is 0.539. The Morgan fingerprint density at radius 3 is 2.13 bits per heavy atom. The van der Waals surface area contributed by atoms with Gasteiger partial charge in [0.2, 0.25) is 0 Å². The average molecular weight is 657 g/mol. The second-order valence-corrected chi connectivity index (χ2v) is 13.2. The third-order valence-electron chi connectivity index (χ3n) is 9.24. The van der Waals surface area contributed by atoms with Crippen LogP contribution in [0.2, 0.25) is 0 Å². The molecular formula is C39H64N2O6. The van der Waals surface area contributed by atoms with Gasteiger partial charge < -0.3 is 23.5 Å². The van der Waals surface area contributed by atoms with E-state index in [1.807, 2.05) is 18.2 Å². The summed E-state index contributed by atoms with van der Waals surface area (Å²) in [5, 5.41) is 0. The topological polar surface area (TPSA) is 80.9 Å². The number of nitrogens with zero attached hydrogens (tertiary/aromatic N) is 2. The van der Waals surface area contributed by atoms with Crippen molar-refractivity contribution < 1.29 is 18.9 Å². The highest BCUT2D eigenvalue weighted by Gasteiger charge is 2.19. The monoisotopic (exact) mass is 656 g/mol. The predicted octanol–water partition coefficient (Wildman–Crippen LogP) is 8.42. The Hall–Kier alpha value is -2.26. The largest absolute Gasteiger partial charge is 0.375 e. The molecule has 8 nitrogen and oxygen atoms in total. The Morgan fingerprint density at radius 2 is 1.47 bits per heavy atom. The van der Waals surface area contributed by atoms with Crippen molar-refractivity contribution in [2.45, 2.75) is 168 Å². The van der Waals surface area contributed by atoms with E-state index in [1.165, 1.54) is 87.7 Å². The van der Waals surface area contributed by atoms with Crippen molar-refractivity contribution in [1.82, 2.24) is 9.13 Å². The second-order valence-electron chi connectivity index (χ2n) is 13.2. The summed E-state index contributed by atoms with van der Waals surface area (Å²) in [7, 11) is 0. The van der Waals surface area contributed by atoms with Crippen molar-refractivity contribution in [2.24, 2.45) is 0 Å². The smallest absolute Gasteiger partial charge is 0.331 e. The quantitative estimate of drug-likeness (QED) is 0.0899. The molecule has 0 bridgehead atoms. The molecule has 1 aromatic heterocycles. The first-order chi connectivity index (χ1) is 23.1. The van der Waals surface area contributed by atoms with Crippen LogP contribution in [0.1, 0.15) is 135 Å². The maximum atomic E-state index is 13.1. The summed E-state index contributed by atoms with van der Waals surface area (Å²) in [6.07, 6.45) is 23.3. The van der Waals surface area contributed by atoms with Crippen molar-refractivity contribution in [3.63, 3.8) is 0 Å². The Bertz CT molecular complexity index is 1160. The summed E-state index contributed by atoms with van der Waals surface area (Å²) >= 11 is 0. The van der Waals surface area contributed by atoms with Gasteiger partial charge in [-0.3, -0.25) is 9.36 Å². The second kappa shape index (κ2) is 24.8. The molecule has 1 aliphatic rings. The van der Waals surface area contributed by atoms with E-state index in [9.17, 15) is 9.59 Å². The molecule has 3 rings (SSSR count). The average Bonchev–Trinajstić information content (AvgIpc) is 3.09. The zero-order valence-electron chi connectivity index (χ0n) is 29.6. The molecule has 0 radical (unpaired) electrons. The van der Waals surface area contributed by atoms with Crippen LogP contribution in [0.3, 0.4) is 0 Å². The highest BCUT2D eigenvalue weighted by molar-refractivity contribution is 5.13.